The summed E-state index contributed by atoms with van der Waals surface area (Å²) < 4.78 is 0. The number of hydrogen-bond acceptors (Lipinski definition) is 2. The van der Waals surface area contributed by atoms with Gasteiger partial charge in [-0.15, -0.1) is 0 Å². The molecule has 0 saturated carbocycles. The largest absolute Gasteiger partial charge is 0.382 e. The topological polar surface area (TPSA) is 38.9 Å². The lowest BCUT2D eigenvalue weighted by Crippen LogP contribution is -1.92. The molecule has 0 spiro atoms. The van der Waals surface area contributed by atoms with Gasteiger partial charge in [-0.1, -0.05) is 18.5 Å². The number of halogens is 1. The summed E-state index contributed by atoms with van der Waals surface area (Å²) in [7, 11) is 0. The Morgan fingerprint density at radius 1 is 1.70 bits per heavy atom. The highest BCUT2D eigenvalue weighted by molar-refractivity contribution is 6.32. The van der Waals surface area contributed by atoms with Crippen molar-refractivity contribution in [2.45, 2.75) is 13.3 Å². The SMILES string of the molecule is CCc1cnc(N)c(Cl)c1. The highest BCUT2D eigenvalue weighted by atomic mass is 35.5. The van der Waals surface area contributed by atoms with Gasteiger partial charge in [0.25, 0.3) is 0 Å². The van der Waals surface area contributed by atoms with E-state index in [2.05, 4.69) is 4.98 Å². The van der Waals surface area contributed by atoms with Crippen molar-refractivity contribution in [3.05, 3.63) is 22.8 Å². The highest BCUT2D eigenvalue weighted by Gasteiger charge is 1.96. The van der Waals surface area contributed by atoms with Crippen LogP contribution in [-0.2, 0) is 6.42 Å². The molecule has 0 aromatic carbocycles. The number of nitrogens with two attached hydrogens (primary N) is 1. The van der Waals surface area contributed by atoms with Crippen molar-refractivity contribution in [1.29, 1.82) is 0 Å². The summed E-state index contributed by atoms with van der Waals surface area (Å²) >= 11 is 5.71. The molecule has 1 aromatic heterocycles. The second-order valence-corrected chi connectivity index (χ2v) is 2.47. The zero-order valence-electron chi connectivity index (χ0n) is 5.76. The first-order valence-corrected chi connectivity index (χ1v) is 3.51. The standard InChI is InChI=1S/C7H9ClN2/c1-2-5-3-6(8)7(9)10-4-5/h3-4H,2H2,1H3,(H2,9,10). The number of nitrogen functional groups attached to an aromatic ring is 1. The summed E-state index contributed by atoms with van der Waals surface area (Å²) in [5, 5.41) is 0.541. The number of rotatable bonds is 1. The fourth-order valence-electron chi connectivity index (χ4n) is 0.681. The van der Waals surface area contributed by atoms with Crippen molar-refractivity contribution in [3.8, 4) is 0 Å². The summed E-state index contributed by atoms with van der Waals surface area (Å²) in [5.41, 5.74) is 6.51. The molecule has 1 rings (SSSR count). The summed E-state index contributed by atoms with van der Waals surface area (Å²) in [6.45, 7) is 2.05. The number of aryl methyl sites for hydroxylation is 1. The third-order valence-electron chi connectivity index (χ3n) is 1.33. The molecule has 2 nitrogen and oxygen atoms in total. The first-order chi connectivity index (χ1) is 4.74. The van der Waals surface area contributed by atoms with Gasteiger partial charge in [0.2, 0.25) is 0 Å². The van der Waals surface area contributed by atoms with Crippen LogP contribution in [0.2, 0.25) is 5.02 Å². The lowest BCUT2D eigenvalue weighted by molar-refractivity contribution is 1.11. The Balaban J connectivity index is 3.04. The van der Waals surface area contributed by atoms with E-state index in [1.165, 1.54) is 0 Å². The van der Waals surface area contributed by atoms with Crippen LogP contribution in [0.4, 0.5) is 5.82 Å². The molecule has 0 aliphatic rings. The second kappa shape index (κ2) is 2.88. The van der Waals surface area contributed by atoms with Crippen LogP contribution in [0.1, 0.15) is 12.5 Å². The van der Waals surface area contributed by atoms with Gasteiger partial charge in [0, 0.05) is 6.20 Å². The molecule has 0 atom stereocenters. The van der Waals surface area contributed by atoms with Gasteiger partial charge >= 0.3 is 0 Å². The average Bonchev–Trinajstić information content (AvgIpc) is 1.95. The van der Waals surface area contributed by atoms with Crippen LogP contribution < -0.4 is 5.73 Å². The molecule has 0 aliphatic carbocycles. The van der Waals surface area contributed by atoms with Crippen LogP contribution in [0.3, 0.4) is 0 Å². The summed E-state index contributed by atoms with van der Waals surface area (Å²) in [6.07, 6.45) is 2.67. The molecule has 10 heavy (non-hydrogen) atoms. The van der Waals surface area contributed by atoms with E-state index >= 15 is 0 Å². The summed E-state index contributed by atoms with van der Waals surface area (Å²) in [5.74, 6) is 0.402. The van der Waals surface area contributed by atoms with E-state index in [4.69, 9.17) is 17.3 Å². The van der Waals surface area contributed by atoms with Gasteiger partial charge < -0.3 is 5.73 Å². The maximum Gasteiger partial charge on any atom is 0.142 e. The van der Waals surface area contributed by atoms with E-state index in [1.807, 2.05) is 13.0 Å². The van der Waals surface area contributed by atoms with Crippen LogP contribution in [0, 0.1) is 0 Å². The van der Waals surface area contributed by atoms with Gasteiger partial charge in [0.05, 0.1) is 5.02 Å². The minimum absolute atomic E-state index is 0.402. The second-order valence-electron chi connectivity index (χ2n) is 2.06. The van der Waals surface area contributed by atoms with Crippen molar-refractivity contribution in [3.63, 3.8) is 0 Å². The van der Waals surface area contributed by atoms with E-state index in [0.717, 1.165) is 12.0 Å². The number of anilines is 1. The van der Waals surface area contributed by atoms with E-state index in [1.54, 1.807) is 6.20 Å². The summed E-state index contributed by atoms with van der Waals surface area (Å²) in [6, 6.07) is 1.84. The van der Waals surface area contributed by atoms with Crippen LogP contribution in [-0.4, -0.2) is 4.98 Å². The first kappa shape index (κ1) is 7.35. The Bertz CT molecular complexity index is 235. The molecule has 0 unspecified atom stereocenters. The van der Waals surface area contributed by atoms with Crippen LogP contribution in [0.25, 0.3) is 0 Å². The number of nitrogens with zero attached hydrogens (tertiary/aromatic N) is 1. The molecular formula is C7H9ClN2. The van der Waals surface area contributed by atoms with E-state index < -0.39 is 0 Å². The highest BCUT2D eigenvalue weighted by Crippen LogP contribution is 2.16. The molecule has 0 amide bonds. The predicted molar refractivity (Wildman–Crippen MR) is 43.0 cm³/mol. The maximum absolute atomic E-state index is 5.71. The quantitative estimate of drug-likeness (QED) is 0.675. The van der Waals surface area contributed by atoms with Gasteiger partial charge in [-0.25, -0.2) is 4.98 Å². The minimum Gasteiger partial charge on any atom is -0.382 e. The van der Waals surface area contributed by atoms with Gasteiger partial charge in [0.15, 0.2) is 0 Å². The Hall–Kier alpha value is -0.760. The van der Waals surface area contributed by atoms with Crippen LogP contribution in [0.5, 0.6) is 0 Å². The molecule has 1 aromatic rings. The molecule has 0 bridgehead atoms. The van der Waals surface area contributed by atoms with Gasteiger partial charge in [0.1, 0.15) is 5.82 Å². The number of hydrogen-bond donors (Lipinski definition) is 1. The first-order valence-electron chi connectivity index (χ1n) is 3.14. The number of aromatic nitrogens is 1. The van der Waals surface area contributed by atoms with Crippen molar-refractivity contribution < 1.29 is 0 Å². The fourth-order valence-corrected chi connectivity index (χ4v) is 0.870. The molecule has 2 N–H and O–H groups in total. The normalized spacial score (nSPS) is 9.80. The van der Waals surface area contributed by atoms with Crippen molar-refractivity contribution in [2.75, 3.05) is 5.73 Å². The molecule has 0 saturated heterocycles. The van der Waals surface area contributed by atoms with E-state index in [-0.39, 0.29) is 0 Å². The molecule has 3 heteroatoms. The molecule has 0 fully saturated rings. The monoisotopic (exact) mass is 156 g/mol. The van der Waals surface area contributed by atoms with E-state index in [9.17, 15) is 0 Å². The van der Waals surface area contributed by atoms with Crippen molar-refractivity contribution >= 4 is 17.4 Å². The van der Waals surface area contributed by atoms with Crippen LogP contribution >= 0.6 is 11.6 Å². The smallest absolute Gasteiger partial charge is 0.142 e. The lowest BCUT2D eigenvalue weighted by Gasteiger charge is -1.98. The molecule has 0 radical (unpaired) electrons. The zero-order valence-corrected chi connectivity index (χ0v) is 6.52. The molecule has 0 aliphatic heterocycles. The van der Waals surface area contributed by atoms with Gasteiger partial charge in [-0.3, -0.25) is 0 Å². The predicted octanol–water partition coefficient (Wildman–Crippen LogP) is 1.88. The average molecular weight is 157 g/mol. The van der Waals surface area contributed by atoms with Crippen LogP contribution in [0.15, 0.2) is 12.3 Å². The fraction of sp³-hybridized carbons (Fsp3) is 0.286. The van der Waals surface area contributed by atoms with Gasteiger partial charge in [-0.05, 0) is 18.1 Å². The van der Waals surface area contributed by atoms with Crippen molar-refractivity contribution in [2.24, 2.45) is 0 Å². The van der Waals surface area contributed by atoms with E-state index in [0.29, 0.717) is 10.8 Å². The minimum atomic E-state index is 0.402. The Kier molecular flexibility index (Phi) is 2.12. The Labute approximate surface area is 65.0 Å². The van der Waals surface area contributed by atoms with Crippen molar-refractivity contribution in [1.82, 2.24) is 4.98 Å². The van der Waals surface area contributed by atoms with Gasteiger partial charge in [-0.2, -0.15) is 0 Å². The summed E-state index contributed by atoms with van der Waals surface area (Å²) in [4.78, 5) is 3.90. The number of pyridine rings is 1. The molecular weight excluding hydrogens is 148 g/mol. The third kappa shape index (κ3) is 1.39. The lowest BCUT2D eigenvalue weighted by atomic mass is 10.2. The molecule has 54 valence electrons. The Morgan fingerprint density at radius 2 is 2.40 bits per heavy atom. The third-order valence-corrected chi connectivity index (χ3v) is 1.64. The maximum atomic E-state index is 5.71. The molecule has 1 heterocycles. The Morgan fingerprint density at radius 3 is 2.90 bits per heavy atom. The zero-order chi connectivity index (χ0) is 7.56.